The molecular weight excluding hydrogens is 510 g/mol. The Morgan fingerprint density at radius 2 is 1.89 bits per heavy atom. The lowest BCUT2D eigenvalue weighted by Gasteiger charge is -2.12. The van der Waals surface area contributed by atoms with E-state index in [-0.39, 0.29) is 12.4 Å². The molecule has 2 aromatic heterocycles. The molecule has 0 amide bonds. The molecule has 0 saturated carbocycles. The van der Waals surface area contributed by atoms with Gasteiger partial charge in [-0.05, 0) is 67.1 Å². The molecule has 194 valence electrons. The number of nitrogens with one attached hydrogen (secondary N) is 2. The third kappa shape index (κ3) is 5.93. The minimum absolute atomic E-state index is 0.179. The van der Waals surface area contributed by atoms with Crippen LogP contribution in [0.2, 0.25) is 5.02 Å². The molecule has 5 aromatic rings. The van der Waals surface area contributed by atoms with Crippen molar-refractivity contribution >= 4 is 34.0 Å². The number of aromatic nitrogens is 2. The van der Waals surface area contributed by atoms with E-state index in [0.29, 0.717) is 56.6 Å². The topological polar surface area (TPSA) is 72.2 Å². The van der Waals surface area contributed by atoms with E-state index >= 15 is 0 Å². The highest BCUT2D eigenvalue weighted by Gasteiger charge is 2.15. The first kappa shape index (κ1) is 25.6. The monoisotopic (exact) mass is 534 g/mol. The highest BCUT2D eigenvalue weighted by molar-refractivity contribution is 6.32. The molecule has 0 spiro atoms. The Balaban J connectivity index is 1.36. The van der Waals surface area contributed by atoms with Crippen LogP contribution in [0, 0.1) is 11.6 Å². The minimum Gasteiger partial charge on any atom is -0.487 e. The summed E-state index contributed by atoms with van der Waals surface area (Å²) in [5, 5.41) is 7.49. The number of hydrogen-bond donors (Lipinski definition) is 2. The van der Waals surface area contributed by atoms with Crippen LogP contribution >= 0.6 is 11.6 Å². The summed E-state index contributed by atoms with van der Waals surface area (Å²) in [6.45, 7) is 3.71. The summed E-state index contributed by atoms with van der Waals surface area (Å²) in [5.41, 5.74) is 2.11. The molecule has 0 aliphatic heterocycles. The van der Waals surface area contributed by atoms with Gasteiger partial charge in [0.15, 0.2) is 0 Å². The molecule has 0 unspecified atom stereocenters. The maximum Gasteiger partial charge on any atom is 0.141 e. The summed E-state index contributed by atoms with van der Waals surface area (Å²) < 4.78 is 40.0. The number of fused-ring (bicyclic) bond motifs is 1. The largest absolute Gasteiger partial charge is 0.487 e. The van der Waals surface area contributed by atoms with Gasteiger partial charge in [-0.1, -0.05) is 30.7 Å². The molecule has 2 N–H and O–H groups in total. The molecular formula is C29H25ClF2N4O2. The lowest BCUT2D eigenvalue weighted by atomic mass is 10.1. The van der Waals surface area contributed by atoms with Gasteiger partial charge in [-0.3, -0.25) is 0 Å². The maximum atomic E-state index is 15.0. The number of halogens is 3. The second kappa shape index (κ2) is 11.6. The van der Waals surface area contributed by atoms with Crippen molar-refractivity contribution in [3.8, 4) is 17.1 Å². The van der Waals surface area contributed by atoms with Crippen molar-refractivity contribution in [3.63, 3.8) is 0 Å². The van der Waals surface area contributed by atoms with E-state index in [1.54, 1.807) is 42.5 Å². The van der Waals surface area contributed by atoms with Gasteiger partial charge in [0.05, 0.1) is 22.6 Å². The van der Waals surface area contributed by atoms with Gasteiger partial charge in [0.2, 0.25) is 0 Å². The van der Waals surface area contributed by atoms with E-state index < -0.39 is 5.82 Å². The summed E-state index contributed by atoms with van der Waals surface area (Å²) in [6, 6.07) is 18.0. The van der Waals surface area contributed by atoms with Crippen LogP contribution in [0.15, 0.2) is 77.5 Å². The molecule has 9 heteroatoms. The molecule has 2 heterocycles. The molecule has 6 nitrogen and oxygen atoms in total. The zero-order valence-electron chi connectivity index (χ0n) is 20.6. The van der Waals surface area contributed by atoms with Crippen molar-refractivity contribution in [2.45, 2.75) is 26.5 Å². The molecule has 0 aliphatic carbocycles. The van der Waals surface area contributed by atoms with Gasteiger partial charge in [-0.2, -0.15) is 0 Å². The molecule has 0 bridgehead atoms. The second-order valence-electron chi connectivity index (χ2n) is 8.70. The summed E-state index contributed by atoms with van der Waals surface area (Å²) >= 11 is 6.45. The lowest BCUT2D eigenvalue weighted by Crippen LogP contribution is -2.12. The first-order valence-corrected chi connectivity index (χ1v) is 12.6. The molecule has 0 atom stereocenters. The number of nitrogens with zero attached hydrogens (tertiary/aromatic N) is 2. The standard InChI is InChI=1S/C29H25ClF2N4O2/c1-2-10-33-15-21-7-9-27(38-21)22-13-23-26(14-25(22)32)34-17-35-29(23)36-20-6-8-28(24(30)12-20)37-16-18-4-3-5-19(31)11-18/h3-9,11-14,17,33H,2,10,15-16H2,1H3,(H,34,35,36). The summed E-state index contributed by atoms with van der Waals surface area (Å²) in [4.78, 5) is 8.58. The van der Waals surface area contributed by atoms with E-state index in [1.165, 1.54) is 24.5 Å². The Labute approximate surface area is 223 Å². The van der Waals surface area contributed by atoms with Crippen molar-refractivity contribution in [1.29, 1.82) is 0 Å². The van der Waals surface area contributed by atoms with Gasteiger partial charge in [-0.15, -0.1) is 0 Å². The number of benzene rings is 3. The molecule has 38 heavy (non-hydrogen) atoms. The highest BCUT2D eigenvalue weighted by atomic mass is 35.5. The fourth-order valence-corrected chi connectivity index (χ4v) is 4.23. The predicted molar refractivity (Wildman–Crippen MR) is 145 cm³/mol. The van der Waals surface area contributed by atoms with Gasteiger partial charge in [0.25, 0.3) is 0 Å². The zero-order chi connectivity index (χ0) is 26.5. The summed E-state index contributed by atoms with van der Waals surface area (Å²) in [6.07, 6.45) is 2.38. The Kier molecular flexibility index (Phi) is 7.81. The van der Waals surface area contributed by atoms with Crippen molar-refractivity contribution in [2.75, 3.05) is 11.9 Å². The molecule has 0 saturated heterocycles. The Hall–Kier alpha value is -4.01. The Morgan fingerprint density at radius 3 is 2.71 bits per heavy atom. The van der Waals surface area contributed by atoms with Crippen molar-refractivity contribution in [2.24, 2.45) is 0 Å². The summed E-state index contributed by atoms with van der Waals surface area (Å²) in [7, 11) is 0. The first-order chi connectivity index (χ1) is 18.5. The molecule has 5 rings (SSSR count). The zero-order valence-corrected chi connectivity index (χ0v) is 21.4. The van der Waals surface area contributed by atoms with Crippen LogP contribution in [0.4, 0.5) is 20.3 Å². The molecule has 3 aromatic carbocycles. The van der Waals surface area contributed by atoms with Gasteiger partial charge in [-0.25, -0.2) is 18.7 Å². The van der Waals surface area contributed by atoms with Crippen LogP contribution in [0.1, 0.15) is 24.7 Å². The van der Waals surface area contributed by atoms with Gasteiger partial charge < -0.3 is 19.8 Å². The van der Waals surface area contributed by atoms with E-state index in [4.69, 9.17) is 20.8 Å². The number of furan rings is 1. The van der Waals surface area contributed by atoms with Crippen LogP contribution in [-0.2, 0) is 13.2 Å². The van der Waals surface area contributed by atoms with Gasteiger partial charge >= 0.3 is 0 Å². The van der Waals surface area contributed by atoms with Crippen molar-refractivity contribution in [1.82, 2.24) is 15.3 Å². The summed E-state index contributed by atoms with van der Waals surface area (Å²) in [5.74, 6) is 1.33. The van der Waals surface area contributed by atoms with Crippen molar-refractivity contribution < 1.29 is 17.9 Å². The highest BCUT2D eigenvalue weighted by Crippen LogP contribution is 2.34. The third-order valence-corrected chi connectivity index (χ3v) is 6.15. The normalized spacial score (nSPS) is 11.2. The number of ether oxygens (including phenoxy) is 1. The Morgan fingerprint density at radius 1 is 1.00 bits per heavy atom. The predicted octanol–water partition coefficient (Wildman–Crippen LogP) is 7.64. The van der Waals surface area contributed by atoms with Crippen LogP contribution in [0.3, 0.4) is 0 Å². The van der Waals surface area contributed by atoms with E-state index in [2.05, 4.69) is 27.5 Å². The minimum atomic E-state index is -0.438. The average Bonchev–Trinajstić information content (AvgIpc) is 3.37. The van der Waals surface area contributed by atoms with Crippen molar-refractivity contribution in [3.05, 3.63) is 101 Å². The smallest absolute Gasteiger partial charge is 0.141 e. The fraction of sp³-hybridized carbons (Fsp3) is 0.172. The van der Waals surface area contributed by atoms with Gasteiger partial charge in [0, 0.05) is 17.1 Å². The Bertz CT molecular complexity index is 1570. The first-order valence-electron chi connectivity index (χ1n) is 12.2. The number of anilines is 2. The van der Waals surface area contributed by atoms with Crippen LogP contribution in [0.25, 0.3) is 22.2 Å². The molecule has 0 aliphatic rings. The number of hydrogen-bond acceptors (Lipinski definition) is 6. The molecule has 0 fully saturated rings. The van der Waals surface area contributed by atoms with Crippen LogP contribution in [-0.4, -0.2) is 16.5 Å². The van der Waals surface area contributed by atoms with Crippen LogP contribution < -0.4 is 15.4 Å². The second-order valence-corrected chi connectivity index (χ2v) is 9.11. The average molecular weight is 535 g/mol. The van der Waals surface area contributed by atoms with E-state index in [1.807, 2.05) is 6.07 Å². The number of rotatable bonds is 10. The lowest BCUT2D eigenvalue weighted by molar-refractivity contribution is 0.306. The molecule has 0 radical (unpaired) electrons. The SMILES string of the molecule is CCCNCc1ccc(-c2cc3c(Nc4ccc(OCc5cccc(F)c5)c(Cl)c4)ncnc3cc2F)o1. The maximum absolute atomic E-state index is 15.0. The van der Waals surface area contributed by atoms with E-state index in [9.17, 15) is 8.78 Å². The fourth-order valence-electron chi connectivity index (χ4n) is 3.99. The van der Waals surface area contributed by atoms with Gasteiger partial charge in [0.1, 0.15) is 47.7 Å². The van der Waals surface area contributed by atoms with Crippen LogP contribution in [0.5, 0.6) is 5.75 Å². The van der Waals surface area contributed by atoms with E-state index in [0.717, 1.165) is 18.7 Å². The third-order valence-electron chi connectivity index (χ3n) is 5.86. The quantitative estimate of drug-likeness (QED) is 0.179.